The molecule has 0 saturated heterocycles. The van der Waals surface area contributed by atoms with Gasteiger partial charge in [-0.2, -0.15) is 5.26 Å². The molecule has 0 saturated carbocycles. The van der Waals surface area contributed by atoms with Crippen LogP contribution in [-0.2, 0) is 16.1 Å². The number of aromatic nitrogens is 1. The van der Waals surface area contributed by atoms with Gasteiger partial charge in [0.2, 0.25) is 0 Å². The second-order valence-electron chi connectivity index (χ2n) is 9.66. The van der Waals surface area contributed by atoms with Gasteiger partial charge < -0.3 is 18.9 Å². The van der Waals surface area contributed by atoms with Gasteiger partial charge in [-0.15, -0.1) is 0 Å². The van der Waals surface area contributed by atoms with Crippen molar-refractivity contribution in [3.63, 3.8) is 0 Å². The van der Waals surface area contributed by atoms with Gasteiger partial charge in [0.25, 0.3) is 5.56 Å². The minimum atomic E-state index is -0.812. The Morgan fingerprint density at radius 2 is 1.84 bits per heavy atom. The molecule has 0 radical (unpaired) electrons. The molecule has 1 atom stereocenters. The molecule has 11 heteroatoms. The highest BCUT2D eigenvalue weighted by Crippen LogP contribution is 2.36. The third kappa shape index (κ3) is 6.04. The van der Waals surface area contributed by atoms with Gasteiger partial charge in [0.1, 0.15) is 12.4 Å². The molecule has 0 N–H and O–H groups in total. The van der Waals surface area contributed by atoms with E-state index < -0.39 is 12.0 Å². The van der Waals surface area contributed by atoms with E-state index in [0.717, 1.165) is 10.0 Å². The van der Waals surface area contributed by atoms with E-state index in [1.807, 2.05) is 24.3 Å². The molecule has 5 rings (SSSR count). The number of hydrogen-bond donors (Lipinski definition) is 0. The number of fused-ring (bicyclic) bond motifs is 1. The molecule has 0 bridgehead atoms. The van der Waals surface area contributed by atoms with Crippen molar-refractivity contribution >= 4 is 39.3 Å². The van der Waals surface area contributed by atoms with Gasteiger partial charge in [-0.05, 0) is 61.9 Å². The maximum Gasteiger partial charge on any atom is 0.338 e. The summed E-state index contributed by atoms with van der Waals surface area (Å²) in [5, 5.41) is 9.46. The lowest BCUT2D eigenvalue weighted by Gasteiger charge is -2.25. The number of carbonyl (C=O) groups excluding carboxylic acids is 1. The van der Waals surface area contributed by atoms with Gasteiger partial charge in [0, 0.05) is 15.6 Å². The lowest BCUT2D eigenvalue weighted by Crippen LogP contribution is -2.40. The number of ether oxygens (including phenoxy) is 4. The fourth-order valence-electron chi connectivity index (χ4n) is 4.95. The van der Waals surface area contributed by atoms with E-state index in [1.165, 1.54) is 30.1 Å². The Labute approximate surface area is 266 Å². The average molecular weight is 675 g/mol. The first-order valence-corrected chi connectivity index (χ1v) is 15.2. The molecule has 224 valence electrons. The Bertz CT molecular complexity index is 2010. The van der Waals surface area contributed by atoms with Crippen LogP contribution in [0.25, 0.3) is 6.08 Å². The van der Waals surface area contributed by atoms with Crippen molar-refractivity contribution in [3.8, 4) is 23.3 Å². The van der Waals surface area contributed by atoms with Crippen molar-refractivity contribution in [2.24, 2.45) is 4.99 Å². The Kier molecular flexibility index (Phi) is 9.32. The SMILES string of the molecule is CCOC(=O)C1=C(C)N=c2s/c(=C\c3cc(Br)ccc3OCc3ccccc3C#N)c(=O)n2[C@@H]1c1ccc(OC)c(OC)c1. The predicted molar refractivity (Wildman–Crippen MR) is 170 cm³/mol. The summed E-state index contributed by atoms with van der Waals surface area (Å²) < 4.78 is 25.2. The largest absolute Gasteiger partial charge is 0.493 e. The Morgan fingerprint density at radius 1 is 1.09 bits per heavy atom. The van der Waals surface area contributed by atoms with Gasteiger partial charge in [0.15, 0.2) is 16.3 Å². The maximum absolute atomic E-state index is 14.1. The Morgan fingerprint density at radius 3 is 2.57 bits per heavy atom. The van der Waals surface area contributed by atoms with E-state index in [0.29, 0.717) is 49.0 Å². The van der Waals surface area contributed by atoms with Crippen LogP contribution in [0.1, 0.15) is 42.1 Å². The van der Waals surface area contributed by atoms with Gasteiger partial charge in [-0.3, -0.25) is 9.36 Å². The smallest absolute Gasteiger partial charge is 0.338 e. The van der Waals surface area contributed by atoms with Gasteiger partial charge in [-0.1, -0.05) is 51.5 Å². The molecule has 0 amide bonds. The number of methoxy groups -OCH3 is 2. The summed E-state index contributed by atoms with van der Waals surface area (Å²) in [4.78, 5) is 32.5. The lowest BCUT2D eigenvalue weighted by molar-refractivity contribution is -0.139. The molecule has 0 spiro atoms. The number of esters is 1. The standard InChI is InChI=1S/C33H28BrN3O6S/c1-5-42-32(39)29-19(2)36-33-37(30(29)20-10-12-26(40-3)27(15-20)41-4)31(38)28(44-33)16-23-14-24(34)11-13-25(23)43-18-22-9-7-6-8-21(22)17-35/h6-16,30H,5,18H2,1-4H3/b28-16-/t30-/m1/s1. The van der Waals surface area contributed by atoms with Crippen molar-refractivity contribution in [3.05, 3.63) is 118 Å². The zero-order chi connectivity index (χ0) is 31.4. The second kappa shape index (κ2) is 13.3. The van der Waals surface area contributed by atoms with Gasteiger partial charge in [0.05, 0.1) is 54.3 Å². The predicted octanol–water partition coefficient (Wildman–Crippen LogP) is 5.03. The summed E-state index contributed by atoms with van der Waals surface area (Å²) in [7, 11) is 3.06. The van der Waals surface area contributed by atoms with Crippen molar-refractivity contribution in [2.45, 2.75) is 26.5 Å². The number of allylic oxidation sites excluding steroid dienone is 1. The minimum absolute atomic E-state index is 0.170. The second-order valence-corrected chi connectivity index (χ2v) is 11.6. The molecule has 0 fully saturated rings. The van der Waals surface area contributed by atoms with Crippen LogP contribution < -0.4 is 29.1 Å². The van der Waals surface area contributed by atoms with E-state index in [-0.39, 0.29) is 24.3 Å². The fraction of sp³-hybridized carbons (Fsp3) is 0.212. The van der Waals surface area contributed by atoms with Crippen LogP contribution in [0.5, 0.6) is 17.2 Å². The number of carbonyl (C=O) groups is 1. The summed E-state index contributed by atoms with van der Waals surface area (Å²) in [6.07, 6.45) is 1.75. The van der Waals surface area contributed by atoms with Crippen molar-refractivity contribution in [1.29, 1.82) is 5.26 Å². The molecule has 44 heavy (non-hydrogen) atoms. The molecule has 1 aromatic heterocycles. The maximum atomic E-state index is 14.1. The molecular weight excluding hydrogens is 646 g/mol. The monoisotopic (exact) mass is 673 g/mol. The normalized spacial score (nSPS) is 14.4. The molecule has 3 aromatic carbocycles. The summed E-state index contributed by atoms with van der Waals surface area (Å²) in [6, 6.07) is 19.4. The lowest BCUT2D eigenvalue weighted by atomic mass is 9.95. The minimum Gasteiger partial charge on any atom is -0.493 e. The molecule has 4 aromatic rings. The first-order valence-electron chi connectivity index (χ1n) is 13.6. The third-order valence-corrected chi connectivity index (χ3v) is 8.50. The van der Waals surface area contributed by atoms with E-state index in [1.54, 1.807) is 56.3 Å². The molecule has 1 aliphatic rings. The molecular formula is C33H28BrN3O6S. The van der Waals surface area contributed by atoms with Crippen LogP contribution in [-0.4, -0.2) is 31.4 Å². The first kappa shape index (κ1) is 30.8. The summed E-state index contributed by atoms with van der Waals surface area (Å²) >= 11 is 4.73. The Hall–Kier alpha value is -4.66. The number of nitriles is 1. The Balaban J connectivity index is 1.64. The summed E-state index contributed by atoms with van der Waals surface area (Å²) in [5.41, 5.74) is 2.96. The van der Waals surface area contributed by atoms with E-state index in [9.17, 15) is 14.9 Å². The third-order valence-electron chi connectivity index (χ3n) is 7.02. The van der Waals surface area contributed by atoms with Crippen molar-refractivity contribution in [1.82, 2.24) is 4.57 Å². The van der Waals surface area contributed by atoms with Gasteiger partial charge >= 0.3 is 5.97 Å². The van der Waals surface area contributed by atoms with E-state index in [4.69, 9.17) is 18.9 Å². The van der Waals surface area contributed by atoms with Gasteiger partial charge in [-0.25, -0.2) is 9.79 Å². The number of hydrogen-bond acceptors (Lipinski definition) is 9. The van der Waals surface area contributed by atoms with E-state index >= 15 is 0 Å². The van der Waals surface area contributed by atoms with Crippen LogP contribution in [0, 0.1) is 11.3 Å². The molecule has 0 aliphatic carbocycles. The number of halogens is 1. The van der Waals surface area contributed by atoms with Crippen LogP contribution in [0.2, 0.25) is 0 Å². The summed E-state index contributed by atoms with van der Waals surface area (Å²) in [5.74, 6) is 0.954. The number of rotatable bonds is 9. The molecule has 9 nitrogen and oxygen atoms in total. The van der Waals surface area contributed by atoms with Crippen LogP contribution in [0.3, 0.4) is 0 Å². The van der Waals surface area contributed by atoms with Crippen molar-refractivity contribution < 1.29 is 23.7 Å². The number of thiazole rings is 1. The van der Waals surface area contributed by atoms with Crippen LogP contribution in [0.4, 0.5) is 0 Å². The molecule has 0 unspecified atom stereocenters. The van der Waals surface area contributed by atoms with E-state index in [2.05, 4.69) is 27.0 Å². The fourth-order valence-corrected chi connectivity index (χ4v) is 6.36. The number of benzene rings is 3. The van der Waals surface area contributed by atoms with Crippen LogP contribution >= 0.6 is 27.3 Å². The molecule has 2 heterocycles. The number of nitrogens with zero attached hydrogens (tertiary/aromatic N) is 3. The summed E-state index contributed by atoms with van der Waals surface area (Å²) in [6.45, 7) is 3.81. The highest BCUT2D eigenvalue weighted by molar-refractivity contribution is 9.10. The van der Waals surface area contributed by atoms with Crippen LogP contribution in [0.15, 0.2) is 86.2 Å². The first-order chi connectivity index (χ1) is 21.3. The highest BCUT2D eigenvalue weighted by Gasteiger charge is 2.34. The van der Waals surface area contributed by atoms with Crippen molar-refractivity contribution in [2.75, 3.05) is 20.8 Å². The highest BCUT2D eigenvalue weighted by atomic mass is 79.9. The zero-order valence-electron chi connectivity index (χ0n) is 24.4. The molecule has 1 aliphatic heterocycles. The average Bonchev–Trinajstić information content (AvgIpc) is 3.33. The zero-order valence-corrected chi connectivity index (χ0v) is 26.8. The quantitative estimate of drug-likeness (QED) is 0.229. The topological polar surface area (TPSA) is 112 Å².